The van der Waals surface area contributed by atoms with E-state index in [2.05, 4.69) is 21.8 Å². The number of hydrogen-bond donors (Lipinski definition) is 2. The maximum absolute atomic E-state index is 12.2. The van der Waals surface area contributed by atoms with Crippen LogP contribution in [0, 0.1) is 0 Å². The van der Waals surface area contributed by atoms with Crippen molar-refractivity contribution in [2.24, 2.45) is 7.05 Å². The number of nitrogens with zero attached hydrogens (tertiary/aromatic N) is 2. The molecule has 0 aliphatic carbocycles. The number of benzene rings is 1. The Labute approximate surface area is 135 Å². The number of rotatable bonds is 5. The van der Waals surface area contributed by atoms with Crippen LogP contribution in [0.1, 0.15) is 37.1 Å². The third kappa shape index (κ3) is 4.04. The van der Waals surface area contributed by atoms with Gasteiger partial charge in [0, 0.05) is 23.7 Å². The number of amides is 2. The maximum atomic E-state index is 12.2. The summed E-state index contributed by atoms with van der Waals surface area (Å²) in [7, 11) is 1.86. The molecule has 0 fully saturated rings. The van der Waals surface area contributed by atoms with Gasteiger partial charge in [0.15, 0.2) is 0 Å². The molecule has 5 nitrogen and oxygen atoms in total. The summed E-state index contributed by atoms with van der Waals surface area (Å²) in [4.78, 5) is 13.3. The van der Waals surface area contributed by atoms with Crippen molar-refractivity contribution < 1.29 is 4.79 Å². The first kappa shape index (κ1) is 16.4. The number of hydrogen-bond acceptors (Lipinski definition) is 3. The Kier molecular flexibility index (Phi) is 5.49. The number of urea groups is 1. The lowest BCUT2D eigenvalue weighted by molar-refractivity contribution is 0.235. The van der Waals surface area contributed by atoms with E-state index in [9.17, 15) is 4.79 Å². The molecule has 1 heterocycles. The van der Waals surface area contributed by atoms with Crippen LogP contribution in [0.25, 0.3) is 0 Å². The summed E-state index contributed by atoms with van der Waals surface area (Å²) in [5.74, 6) is 0. The average Bonchev–Trinajstić information content (AvgIpc) is 2.93. The largest absolute Gasteiger partial charge is 0.332 e. The first-order valence-corrected chi connectivity index (χ1v) is 8.42. The van der Waals surface area contributed by atoms with E-state index in [0.717, 1.165) is 11.1 Å². The number of carbonyl (C=O) groups excluding carboxylic acids is 1. The van der Waals surface area contributed by atoms with Gasteiger partial charge in [-0.3, -0.25) is 4.68 Å². The monoisotopic (exact) mass is 318 g/mol. The molecule has 2 N–H and O–H groups in total. The standard InChI is InChI=1S/C16H22N4OS/c1-11(13-9-17-20(3)10-13)18-16(21)19-12(2)14-7-5-6-8-15(14)22-4/h5-12H,1-4H3,(H2,18,19,21)/t11-,12-/m1/s1. The Morgan fingerprint density at radius 2 is 1.91 bits per heavy atom. The number of carbonyl (C=O) groups is 1. The smallest absolute Gasteiger partial charge is 0.315 e. The molecule has 0 spiro atoms. The molecule has 2 rings (SSSR count). The molecule has 118 valence electrons. The predicted octanol–water partition coefficient (Wildman–Crippen LogP) is 3.26. The first-order chi connectivity index (χ1) is 10.5. The molecule has 1 aromatic heterocycles. The molecule has 0 aliphatic rings. The number of aryl methyl sites for hydroxylation is 1. The van der Waals surface area contributed by atoms with E-state index in [1.165, 1.54) is 4.90 Å². The first-order valence-electron chi connectivity index (χ1n) is 7.19. The van der Waals surface area contributed by atoms with Gasteiger partial charge in [-0.2, -0.15) is 5.10 Å². The van der Waals surface area contributed by atoms with Gasteiger partial charge in [-0.15, -0.1) is 11.8 Å². The highest BCUT2D eigenvalue weighted by Crippen LogP contribution is 2.25. The summed E-state index contributed by atoms with van der Waals surface area (Å²) in [6.07, 6.45) is 5.70. The maximum Gasteiger partial charge on any atom is 0.315 e. The zero-order chi connectivity index (χ0) is 16.1. The fourth-order valence-electron chi connectivity index (χ4n) is 2.28. The summed E-state index contributed by atoms with van der Waals surface area (Å²) in [5.41, 5.74) is 2.11. The van der Waals surface area contributed by atoms with E-state index in [1.807, 2.05) is 51.5 Å². The van der Waals surface area contributed by atoms with Gasteiger partial charge in [-0.25, -0.2) is 4.79 Å². The second kappa shape index (κ2) is 7.35. The summed E-state index contributed by atoms with van der Waals surface area (Å²) in [6.45, 7) is 3.93. The fraction of sp³-hybridized carbons (Fsp3) is 0.375. The molecular weight excluding hydrogens is 296 g/mol. The van der Waals surface area contributed by atoms with Crippen molar-refractivity contribution in [2.75, 3.05) is 6.26 Å². The predicted molar refractivity (Wildman–Crippen MR) is 89.9 cm³/mol. The van der Waals surface area contributed by atoms with Gasteiger partial charge in [-0.1, -0.05) is 18.2 Å². The van der Waals surface area contributed by atoms with E-state index < -0.39 is 0 Å². The highest BCUT2D eigenvalue weighted by atomic mass is 32.2. The number of thioether (sulfide) groups is 1. The highest BCUT2D eigenvalue weighted by molar-refractivity contribution is 7.98. The van der Waals surface area contributed by atoms with E-state index in [1.54, 1.807) is 22.6 Å². The lowest BCUT2D eigenvalue weighted by atomic mass is 10.1. The van der Waals surface area contributed by atoms with Crippen LogP contribution in [0.2, 0.25) is 0 Å². The molecule has 0 saturated heterocycles. The van der Waals surface area contributed by atoms with E-state index in [-0.39, 0.29) is 18.1 Å². The lowest BCUT2D eigenvalue weighted by Gasteiger charge is -2.19. The molecule has 6 heteroatoms. The van der Waals surface area contributed by atoms with Crippen LogP contribution in [-0.2, 0) is 7.05 Å². The molecule has 0 bridgehead atoms. The molecule has 2 aromatic rings. The van der Waals surface area contributed by atoms with Gasteiger partial charge < -0.3 is 10.6 Å². The Morgan fingerprint density at radius 3 is 2.55 bits per heavy atom. The fourth-order valence-corrected chi connectivity index (χ4v) is 2.98. The van der Waals surface area contributed by atoms with Crippen molar-refractivity contribution in [3.8, 4) is 0 Å². The minimum atomic E-state index is -0.181. The molecule has 2 atom stereocenters. The summed E-state index contributed by atoms with van der Waals surface area (Å²) < 4.78 is 1.72. The molecule has 0 unspecified atom stereocenters. The van der Waals surface area contributed by atoms with E-state index >= 15 is 0 Å². The van der Waals surface area contributed by atoms with Gasteiger partial charge in [0.1, 0.15) is 0 Å². The normalized spacial score (nSPS) is 13.5. The van der Waals surface area contributed by atoms with Crippen LogP contribution in [0.4, 0.5) is 4.79 Å². The van der Waals surface area contributed by atoms with Crippen molar-refractivity contribution >= 4 is 17.8 Å². The summed E-state index contributed by atoms with van der Waals surface area (Å²) in [6, 6.07) is 7.78. The van der Waals surface area contributed by atoms with Crippen LogP contribution in [0.3, 0.4) is 0 Å². The van der Waals surface area contributed by atoms with E-state index in [0.29, 0.717) is 0 Å². The minimum absolute atomic E-state index is 0.0512. The molecule has 0 aliphatic heterocycles. The Morgan fingerprint density at radius 1 is 1.23 bits per heavy atom. The molecule has 0 radical (unpaired) electrons. The van der Waals surface area contributed by atoms with Crippen LogP contribution in [0.5, 0.6) is 0 Å². The molecule has 0 saturated carbocycles. The van der Waals surface area contributed by atoms with Crippen molar-refractivity contribution in [2.45, 2.75) is 30.8 Å². The Hall–Kier alpha value is -1.95. The third-order valence-corrected chi connectivity index (χ3v) is 4.34. The van der Waals surface area contributed by atoms with Crippen molar-refractivity contribution in [1.29, 1.82) is 0 Å². The third-order valence-electron chi connectivity index (χ3n) is 3.53. The molecular formula is C16H22N4OS. The summed E-state index contributed by atoms with van der Waals surface area (Å²) in [5, 5.41) is 10.0. The quantitative estimate of drug-likeness (QED) is 0.832. The Bertz CT molecular complexity index is 641. The number of aromatic nitrogens is 2. The second-order valence-corrected chi connectivity index (χ2v) is 6.10. The van der Waals surface area contributed by atoms with Gasteiger partial charge in [0.25, 0.3) is 0 Å². The minimum Gasteiger partial charge on any atom is -0.332 e. The van der Waals surface area contributed by atoms with Crippen LogP contribution in [-0.4, -0.2) is 22.1 Å². The lowest BCUT2D eigenvalue weighted by Crippen LogP contribution is -2.38. The molecule has 2 amide bonds. The van der Waals surface area contributed by atoms with E-state index in [4.69, 9.17) is 0 Å². The van der Waals surface area contributed by atoms with Gasteiger partial charge in [0.2, 0.25) is 0 Å². The van der Waals surface area contributed by atoms with Gasteiger partial charge in [0.05, 0.1) is 18.3 Å². The van der Waals surface area contributed by atoms with Crippen LogP contribution >= 0.6 is 11.8 Å². The second-order valence-electron chi connectivity index (χ2n) is 5.25. The average molecular weight is 318 g/mol. The van der Waals surface area contributed by atoms with Crippen molar-refractivity contribution in [3.63, 3.8) is 0 Å². The zero-order valence-corrected chi connectivity index (χ0v) is 14.1. The number of nitrogens with one attached hydrogen (secondary N) is 2. The van der Waals surface area contributed by atoms with Crippen LogP contribution in [0.15, 0.2) is 41.6 Å². The van der Waals surface area contributed by atoms with Gasteiger partial charge in [-0.05, 0) is 31.7 Å². The summed E-state index contributed by atoms with van der Waals surface area (Å²) >= 11 is 1.68. The van der Waals surface area contributed by atoms with Crippen molar-refractivity contribution in [1.82, 2.24) is 20.4 Å². The molecule has 1 aromatic carbocycles. The van der Waals surface area contributed by atoms with Crippen molar-refractivity contribution in [3.05, 3.63) is 47.8 Å². The van der Waals surface area contributed by atoms with Crippen LogP contribution < -0.4 is 10.6 Å². The SMILES string of the molecule is CSc1ccccc1[C@@H](C)NC(=O)N[C@H](C)c1cnn(C)c1. The zero-order valence-electron chi connectivity index (χ0n) is 13.3. The highest BCUT2D eigenvalue weighted by Gasteiger charge is 2.15. The topological polar surface area (TPSA) is 59.0 Å². The Balaban J connectivity index is 1.96. The molecule has 22 heavy (non-hydrogen) atoms. The van der Waals surface area contributed by atoms with Gasteiger partial charge >= 0.3 is 6.03 Å².